The molecule has 0 saturated heterocycles. The summed E-state index contributed by atoms with van der Waals surface area (Å²) in [5.41, 5.74) is 5.62. The van der Waals surface area contributed by atoms with Crippen LogP contribution in [-0.2, 0) is 0 Å². The Labute approximate surface area is 105 Å². The van der Waals surface area contributed by atoms with Crippen molar-refractivity contribution in [2.45, 2.75) is 25.8 Å². The number of amides is 2. The van der Waals surface area contributed by atoms with Gasteiger partial charge < -0.3 is 16.4 Å². The van der Waals surface area contributed by atoms with E-state index in [1.54, 1.807) is 0 Å². The van der Waals surface area contributed by atoms with E-state index in [2.05, 4.69) is 10.6 Å². The number of hydrogen-bond acceptors (Lipinski definition) is 2. The zero-order valence-electron chi connectivity index (χ0n) is 10.2. The molecule has 1 unspecified atom stereocenters. The molecule has 1 aromatic carbocycles. The maximum absolute atomic E-state index is 13.2. The molecular formula is C12H17F2N3O. The summed E-state index contributed by atoms with van der Waals surface area (Å²) in [6, 6.07) is 2.45. The van der Waals surface area contributed by atoms with Crippen LogP contribution < -0.4 is 16.4 Å². The molecule has 18 heavy (non-hydrogen) atoms. The number of benzene rings is 1. The second-order valence-corrected chi connectivity index (χ2v) is 3.96. The molecule has 0 radical (unpaired) electrons. The fraction of sp³-hybridized carbons (Fsp3) is 0.417. The third kappa shape index (κ3) is 4.67. The van der Waals surface area contributed by atoms with Crippen LogP contribution in [-0.4, -0.2) is 18.6 Å². The summed E-state index contributed by atoms with van der Waals surface area (Å²) >= 11 is 0. The van der Waals surface area contributed by atoms with Gasteiger partial charge >= 0.3 is 6.03 Å². The molecule has 2 amide bonds. The molecule has 100 valence electrons. The Morgan fingerprint density at radius 1 is 1.44 bits per heavy atom. The maximum Gasteiger partial charge on any atom is 0.319 e. The lowest BCUT2D eigenvalue weighted by Gasteiger charge is -2.11. The highest BCUT2D eigenvalue weighted by atomic mass is 19.1. The third-order valence-electron chi connectivity index (χ3n) is 2.50. The van der Waals surface area contributed by atoms with Crippen LogP contribution in [0.5, 0.6) is 0 Å². The van der Waals surface area contributed by atoms with Crippen molar-refractivity contribution in [3.8, 4) is 0 Å². The largest absolute Gasteiger partial charge is 0.338 e. The molecule has 0 saturated carbocycles. The molecule has 0 aliphatic heterocycles. The molecule has 0 fully saturated rings. The van der Waals surface area contributed by atoms with Gasteiger partial charge in [-0.3, -0.25) is 0 Å². The second-order valence-electron chi connectivity index (χ2n) is 3.96. The van der Waals surface area contributed by atoms with Crippen molar-refractivity contribution in [2.24, 2.45) is 5.73 Å². The Bertz CT molecular complexity index is 412. The molecule has 1 rings (SSSR count). The van der Waals surface area contributed by atoms with E-state index in [-0.39, 0.29) is 11.7 Å². The summed E-state index contributed by atoms with van der Waals surface area (Å²) in [7, 11) is 0. The van der Waals surface area contributed by atoms with Crippen LogP contribution in [0, 0.1) is 11.6 Å². The van der Waals surface area contributed by atoms with Crippen LogP contribution in [0.3, 0.4) is 0 Å². The van der Waals surface area contributed by atoms with Gasteiger partial charge in [0.25, 0.3) is 0 Å². The highest BCUT2D eigenvalue weighted by molar-refractivity contribution is 5.89. The summed E-state index contributed by atoms with van der Waals surface area (Å²) in [5, 5.41) is 4.84. The molecule has 6 heteroatoms. The smallest absolute Gasteiger partial charge is 0.319 e. The summed E-state index contributed by atoms with van der Waals surface area (Å²) in [4.78, 5) is 11.4. The van der Waals surface area contributed by atoms with E-state index >= 15 is 0 Å². The quantitative estimate of drug-likeness (QED) is 0.757. The van der Waals surface area contributed by atoms with Gasteiger partial charge in [0.05, 0.1) is 5.69 Å². The van der Waals surface area contributed by atoms with Crippen molar-refractivity contribution in [3.05, 3.63) is 29.8 Å². The Balaban J connectivity index is 2.40. The van der Waals surface area contributed by atoms with E-state index in [0.717, 1.165) is 12.5 Å². The standard InChI is InChI=1S/C12H17F2N3O/c1-2-9(15)5-6-16-12(18)17-11-4-3-8(13)7-10(11)14/h3-4,7,9H,2,5-6,15H2,1H3,(H2,16,17,18). The van der Waals surface area contributed by atoms with Gasteiger partial charge in [0.15, 0.2) is 0 Å². The minimum Gasteiger partial charge on any atom is -0.338 e. The lowest BCUT2D eigenvalue weighted by atomic mass is 10.2. The molecular weight excluding hydrogens is 240 g/mol. The zero-order chi connectivity index (χ0) is 13.5. The Hall–Kier alpha value is -1.69. The molecule has 1 aromatic rings. The number of nitrogens with one attached hydrogen (secondary N) is 2. The van der Waals surface area contributed by atoms with Crippen molar-refractivity contribution >= 4 is 11.7 Å². The SMILES string of the molecule is CCC(N)CCNC(=O)Nc1ccc(F)cc1F. The molecule has 0 spiro atoms. The number of halogens is 2. The minimum absolute atomic E-state index is 0.0351. The van der Waals surface area contributed by atoms with Crippen LogP contribution >= 0.6 is 0 Å². The van der Waals surface area contributed by atoms with Crippen molar-refractivity contribution in [3.63, 3.8) is 0 Å². The van der Waals surface area contributed by atoms with Gasteiger partial charge in [-0.15, -0.1) is 0 Å². The maximum atomic E-state index is 13.2. The fourth-order valence-corrected chi connectivity index (χ4v) is 1.33. The second kappa shape index (κ2) is 6.90. The first-order chi connectivity index (χ1) is 8.52. The van der Waals surface area contributed by atoms with Crippen LogP contribution in [0.2, 0.25) is 0 Å². The van der Waals surface area contributed by atoms with E-state index in [4.69, 9.17) is 5.73 Å². The van der Waals surface area contributed by atoms with Crippen molar-refractivity contribution in [2.75, 3.05) is 11.9 Å². The van der Waals surface area contributed by atoms with Crippen LogP contribution in [0.25, 0.3) is 0 Å². The van der Waals surface area contributed by atoms with E-state index in [1.807, 2.05) is 6.92 Å². The predicted molar refractivity (Wildman–Crippen MR) is 66.3 cm³/mol. The molecule has 1 atom stereocenters. The number of rotatable bonds is 5. The van der Waals surface area contributed by atoms with Gasteiger partial charge in [0.1, 0.15) is 11.6 Å². The molecule has 0 aliphatic carbocycles. The lowest BCUT2D eigenvalue weighted by Crippen LogP contribution is -2.33. The molecule has 4 N–H and O–H groups in total. The average molecular weight is 257 g/mol. The number of carbonyl (C=O) groups is 1. The van der Waals surface area contributed by atoms with Crippen molar-refractivity contribution < 1.29 is 13.6 Å². The fourth-order valence-electron chi connectivity index (χ4n) is 1.33. The van der Waals surface area contributed by atoms with Crippen LogP contribution in [0.1, 0.15) is 19.8 Å². The van der Waals surface area contributed by atoms with E-state index in [1.165, 1.54) is 6.07 Å². The Morgan fingerprint density at radius 3 is 2.78 bits per heavy atom. The zero-order valence-corrected chi connectivity index (χ0v) is 10.2. The summed E-state index contributed by atoms with van der Waals surface area (Å²) in [6.07, 6.45) is 1.48. The molecule has 0 heterocycles. The number of carbonyl (C=O) groups excluding carboxylic acids is 1. The normalized spacial score (nSPS) is 12.0. The first-order valence-electron chi connectivity index (χ1n) is 5.78. The van der Waals surface area contributed by atoms with Gasteiger partial charge in [-0.25, -0.2) is 13.6 Å². The highest BCUT2D eigenvalue weighted by Gasteiger charge is 2.07. The summed E-state index contributed by atoms with van der Waals surface area (Å²) in [6.45, 7) is 2.36. The van der Waals surface area contributed by atoms with Gasteiger partial charge in [0, 0.05) is 18.7 Å². The number of hydrogen-bond donors (Lipinski definition) is 3. The summed E-state index contributed by atoms with van der Waals surface area (Å²) < 4.78 is 25.8. The average Bonchev–Trinajstić information content (AvgIpc) is 2.32. The highest BCUT2D eigenvalue weighted by Crippen LogP contribution is 2.14. The molecule has 0 aliphatic rings. The van der Waals surface area contributed by atoms with E-state index in [0.29, 0.717) is 19.0 Å². The van der Waals surface area contributed by atoms with Crippen molar-refractivity contribution in [1.82, 2.24) is 5.32 Å². The van der Waals surface area contributed by atoms with Gasteiger partial charge in [-0.2, -0.15) is 0 Å². The topological polar surface area (TPSA) is 67.1 Å². The van der Waals surface area contributed by atoms with Crippen molar-refractivity contribution in [1.29, 1.82) is 0 Å². The molecule has 4 nitrogen and oxygen atoms in total. The lowest BCUT2D eigenvalue weighted by molar-refractivity contribution is 0.251. The number of anilines is 1. The Morgan fingerprint density at radius 2 is 2.17 bits per heavy atom. The first-order valence-corrected chi connectivity index (χ1v) is 5.78. The van der Waals surface area contributed by atoms with Gasteiger partial charge in [0.2, 0.25) is 0 Å². The Kier molecular flexibility index (Phi) is 5.51. The van der Waals surface area contributed by atoms with Crippen LogP contribution in [0.15, 0.2) is 18.2 Å². The van der Waals surface area contributed by atoms with E-state index < -0.39 is 17.7 Å². The predicted octanol–water partition coefficient (Wildman–Crippen LogP) is 2.21. The monoisotopic (exact) mass is 257 g/mol. The third-order valence-corrected chi connectivity index (χ3v) is 2.50. The van der Waals surface area contributed by atoms with Gasteiger partial charge in [-0.05, 0) is 25.0 Å². The molecule has 0 aromatic heterocycles. The summed E-state index contributed by atoms with van der Waals surface area (Å²) in [5.74, 6) is -1.50. The minimum atomic E-state index is -0.810. The number of nitrogens with two attached hydrogens (primary N) is 1. The van der Waals surface area contributed by atoms with E-state index in [9.17, 15) is 13.6 Å². The molecule has 0 bridgehead atoms. The van der Waals surface area contributed by atoms with Gasteiger partial charge in [-0.1, -0.05) is 6.92 Å². The first kappa shape index (κ1) is 14.4. The number of urea groups is 1. The van der Waals surface area contributed by atoms with Crippen LogP contribution in [0.4, 0.5) is 19.3 Å².